The van der Waals surface area contributed by atoms with Crippen molar-refractivity contribution in [3.8, 4) is 0 Å². The number of amides is 2. The number of nitrogens with zero attached hydrogens (tertiary/aromatic N) is 1. The average molecular weight is 277 g/mol. The summed E-state index contributed by atoms with van der Waals surface area (Å²) in [7, 11) is 3.21. The summed E-state index contributed by atoms with van der Waals surface area (Å²) in [5, 5.41) is 0.570. The molecule has 1 aromatic carbocycles. The van der Waals surface area contributed by atoms with Crippen LogP contribution in [0.5, 0.6) is 0 Å². The van der Waals surface area contributed by atoms with Gasteiger partial charge in [-0.25, -0.2) is 4.39 Å². The molecule has 6 heteroatoms. The summed E-state index contributed by atoms with van der Waals surface area (Å²) in [5.74, 6) is -1.99. The van der Waals surface area contributed by atoms with E-state index in [9.17, 15) is 14.0 Å². The van der Waals surface area contributed by atoms with E-state index in [0.717, 1.165) is 0 Å². The van der Waals surface area contributed by atoms with Crippen LogP contribution in [-0.4, -0.2) is 35.8 Å². The number of primary amides is 1. The first kappa shape index (κ1) is 14.0. The number of hydrogen-bond donors (Lipinski definition) is 2. The third kappa shape index (κ3) is 2.64. The van der Waals surface area contributed by atoms with Gasteiger partial charge in [0.05, 0.1) is 5.92 Å². The van der Waals surface area contributed by atoms with Crippen LogP contribution in [0.25, 0.3) is 10.9 Å². The van der Waals surface area contributed by atoms with Gasteiger partial charge in [-0.1, -0.05) is 0 Å². The van der Waals surface area contributed by atoms with Gasteiger partial charge in [0, 0.05) is 37.6 Å². The van der Waals surface area contributed by atoms with E-state index < -0.39 is 17.6 Å². The first-order valence-electron chi connectivity index (χ1n) is 6.16. The molecule has 5 nitrogen and oxygen atoms in total. The van der Waals surface area contributed by atoms with E-state index in [1.807, 2.05) is 0 Å². The molecular weight excluding hydrogens is 261 g/mol. The van der Waals surface area contributed by atoms with Crippen molar-refractivity contribution in [1.29, 1.82) is 0 Å². The Morgan fingerprint density at radius 1 is 1.40 bits per heavy atom. The van der Waals surface area contributed by atoms with Crippen molar-refractivity contribution in [2.45, 2.75) is 12.3 Å². The van der Waals surface area contributed by atoms with Crippen molar-refractivity contribution < 1.29 is 14.0 Å². The van der Waals surface area contributed by atoms with Gasteiger partial charge in [-0.15, -0.1) is 0 Å². The molecule has 106 valence electrons. The number of carbonyl (C=O) groups is 2. The van der Waals surface area contributed by atoms with Crippen molar-refractivity contribution >= 4 is 22.7 Å². The van der Waals surface area contributed by atoms with Crippen LogP contribution in [0.15, 0.2) is 24.4 Å². The predicted molar refractivity (Wildman–Crippen MR) is 73.5 cm³/mol. The largest absolute Gasteiger partial charge is 0.369 e. The highest BCUT2D eigenvalue weighted by molar-refractivity contribution is 5.94. The number of rotatable bonds is 4. The fourth-order valence-corrected chi connectivity index (χ4v) is 2.12. The molecule has 0 fully saturated rings. The summed E-state index contributed by atoms with van der Waals surface area (Å²) in [4.78, 5) is 27.8. The van der Waals surface area contributed by atoms with Crippen LogP contribution >= 0.6 is 0 Å². The number of aromatic amines is 1. The van der Waals surface area contributed by atoms with E-state index in [2.05, 4.69) is 4.98 Å². The third-order valence-corrected chi connectivity index (χ3v) is 3.27. The van der Waals surface area contributed by atoms with E-state index in [4.69, 9.17) is 5.73 Å². The second kappa shape index (κ2) is 5.32. The van der Waals surface area contributed by atoms with Crippen molar-refractivity contribution in [1.82, 2.24) is 9.88 Å². The average Bonchev–Trinajstić information content (AvgIpc) is 2.77. The highest BCUT2D eigenvalue weighted by atomic mass is 19.1. The number of hydrogen-bond acceptors (Lipinski definition) is 2. The quantitative estimate of drug-likeness (QED) is 0.884. The molecule has 0 aliphatic rings. The van der Waals surface area contributed by atoms with Crippen LogP contribution in [0.3, 0.4) is 0 Å². The van der Waals surface area contributed by atoms with E-state index in [1.54, 1.807) is 26.4 Å². The van der Waals surface area contributed by atoms with E-state index in [0.29, 0.717) is 16.5 Å². The van der Waals surface area contributed by atoms with Gasteiger partial charge in [-0.05, 0) is 23.8 Å². The minimum absolute atomic E-state index is 0.0359. The lowest BCUT2D eigenvalue weighted by Crippen LogP contribution is -2.29. The van der Waals surface area contributed by atoms with Gasteiger partial charge in [0.15, 0.2) is 0 Å². The minimum Gasteiger partial charge on any atom is -0.369 e. The van der Waals surface area contributed by atoms with Crippen molar-refractivity contribution in [2.24, 2.45) is 5.73 Å². The molecule has 20 heavy (non-hydrogen) atoms. The molecule has 2 amide bonds. The molecule has 0 aliphatic carbocycles. The lowest BCUT2D eigenvalue weighted by Gasteiger charge is -2.16. The summed E-state index contributed by atoms with van der Waals surface area (Å²) in [6, 6.07) is 4.24. The Labute approximate surface area is 115 Å². The Hall–Kier alpha value is -2.37. The number of nitrogens with one attached hydrogen (secondary N) is 1. The second-order valence-electron chi connectivity index (χ2n) is 4.88. The maximum absolute atomic E-state index is 13.3. The molecule has 0 saturated carbocycles. The molecule has 1 aromatic heterocycles. The summed E-state index contributed by atoms with van der Waals surface area (Å²) in [6.07, 6.45) is 1.56. The summed E-state index contributed by atoms with van der Waals surface area (Å²) in [5.41, 5.74) is 6.63. The Bertz CT molecular complexity index is 663. The number of H-pyrrole nitrogens is 1. The van der Waals surface area contributed by atoms with Gasteiger partial charge in [-0.2, -0.15) is 0 Å². The Morgan fingerprint density at radius 2 is 2.10 bits per heavy atom. The highest BCUT2D eigenvalue weighted by Gasteiger charge is 2.25. The lowest BCUT2D eigenvalue weighted by molar-refractivity contribution is -0.131. The molecule has 1 heterocycles. The van der Waals surface area contributed by atoms with E-state index in [-0.39, 0.29) is 12.3 Å². The van der Waals surface area contributed by atoms with Gasteiger partial charge < -0.3 is 15.6 Å². The topological polar surface area (TPSA) is 79.2 Å². The maximum Gasteiger partial charge on any atom is 0.225 e. The van der Waals surface area contributed by atoms with Gasteiger partial charge in [-0.3, -0.25) is 9.59 Å². The van der Waals surface area contributed by atoms with Crippen LogP contribution in [-0.2, 0) is 9.59 Å². The molecule has 2 rings (SSSR count). The Morgan fingerprint density at radius 3 is 2.70 bits per heavy atom. The monoisotopic (exact) mass is 277 g/mol. The zero-order chi connectivity index (χ0) is 14.9. The zero-order valence-corrected chi connectivity index (χ0v) is 11.3. The van der Waals surface area contributed by atoms with Crippen LogP contribution in [0.2, 0.25) is 0 Å². The number of nitrogens with two attached hydrogens (primary N) is 1. The smallest absolute Gasteiger partial charge is 0.225 e. The lowest BCUT2D eigenvalue weighted by atomic mass is 9.94. The van der Waals surface area contributed by atoms with Gasteiger partial charge in [0.25, 0.3) is 0 Å². The second-order valence-corrected chi connectivity index (χ2v) is 4.88. The molecule has 0 bridgehead atoms. The molecule has 0 aliphatic heterocycles. The van der Waals surface area contributed by atoms with Crippen LogP contribution in [0.1, 0.15) is 17.9 Å². The normalized spacial score (nSPS) is 12.3. The van der Waals surface area contributed by atoms with Gasteiger partial charge in [0.1, 0.15) is 5.82 Å². The fraction of sp³-hybridized carbons (Fsp3) is 0.286. The third-order valence-electron chi connectivity index (χ3n) is 3.27. The molecule has 0 saturated heterocycles. The zero-order valence-electron chi connectivity index (χ0n) is 11.3. The molecular formula is C14H16FN3O2. The molecule has 1 unspecified atom stereocenters. The number of carbonyl (C=O) groups excluding carboxylic acids is 2. The Kier molecular flexibility index (Phi) is 3.74. The number of aromatic nitrogens is 1. The maximum atomic E-state index is 13.3. The van der Waals surface area contributed by atoms with Crippen LogP contribution < -0.4 is 5.73 Å². The molecule has 1 atom stereocenters. The molecule has 2 aromatic rings. The Balaban J connectivity index is 2.44. The van der Waals surface area contributed by atoms with Crippen molar-refractivity contribution in [2.75, 3.05) is 14.1 Å². The van der Waals surface area contributed by atoms with Gasteiger partial charge in [0.2, 0.25) is 11.8 Å². The molecule has 0 spiro atoms. The van der Waals surface area contributed by atoms with E-state index >= 15 is 0 Å². The summed E-state index contributed by atoms with van der Waals surface area (Å²) in [6.45, 7) is 0. The summed E-state index contributed by atoms with van der Waals surface area (Å²) >= 11 is 0. The summed E-state index contributed by atoms with van der Waals surface area (Å²) < 4.78 is 13.3. The standard InChI is InChI=1S/C14H16FN3O2/c1-18(2)13(19)6-10(14(16)20)11-7-17-12-4-3-8(15)5-9(11)12/h3-5,7,10,17H,6H2,1-2H3,(H2,16,20). The van der Waals surface area contributed by atoms with E-state index in [1.165, 1.54) is 17.0 Å². The molecule has 0 radical (unpaired) electrons. The van der Waals surface area contributed by atoms with Gasteiger partial charge >= 0.3 is 0 Å². The first-order chi connectivity index (χ1) is 9.40. The minimum atomic E-state index is -0.777. The fourth-order valence-electron chi connectivity index (χ4n) is 2.12. The predicted octanol–water partition coefficient (Wildman–Crippen LogP) is 1.35. The number of fused-ring (bicyclic) bond motifs is 1. The molecule has 3 N–H and O–H groups in total. The van der Waals surface area contributed by atoms with Crippen LogP contribution in [0.4, 0.5) is 4.39 Å². The van der Waals surface area contributed by atoms with Crippen molar-refractivity contribution in [3.63, 3.8) is 0 Å². The van der Waals surface area contributed by atoms with Crippen molar-refractivity contribution in [3.05, 3.63) is 35.8 Å². The van der Waals surface area contributed by atoms with Crippen LogP contribution in [0, 0.1) is 5.82 Å². The number of halogens is 1. The highest BCUT2D eigenvalue weighted by Crippen LogP contribution is 2.28. The number of benzene rings is 1. The first-order valence-corrected chi connectivity index (χ1v) is 6.16. The SMILES string of the molecule is CN(C)C(=O)CC(C(N)=O)c1c[nH]c2ccc(F)cc12.